The fourth-order valence-electron chi connectivity index (χ4n) is 14.4. The van der Waals surface area contributed by atoms with Crippen LogP contribution in [0, 0.1) is 67.2 Å². The van der Waals surface area contributed by atoms with Gasteiger partial charge >= 0.3 is 404 Å². The van der Waals surface area contributed by atoms with Gasteiger partial charge in [-0.3, -0.25) is 0 Å². The second-order valence-electron chi connectivity index (χ2n) is 23.4. The summed E-state index contributed by atoms with van der Waals surface area (Å²) in [6.07, 6.45) is 19.1. The fourth-order valence-corrected chi connectivity index (χ4v) is 33.9. The van der Waals surface area contributed by atoms with Crippen molar-refractivity contribution in [2.24, 2.45) is 11.8 Å². The molecule has 2 unspecified atom stereocenters. The molecule has 0 nitrogen and oxygen atoms in total. The molecule has 338 valence electrons. The van der Waals surface area contributed by atoms with Gasteiger partial charge in [0.2, 0.25) is 0 Å². The minimum absolute atomic E-state index is 0.418. The van der Waals surface area contributed by atoms with Crippen molar-refractivity contribution >= 4 is 19.0 Å². The Morgan fingerprint density at radius 1 is 0.394 bits per heavy atom. The average molecular weight is 963 g/mol. The minimum atomic E-state index is -4.30. The van der Waals surface area contributed by atoms with E-state index >= 15 is 0 Å². The summed E-state index contributed by atoms with van der Waals surface area (Å²) in [6.45, 7) is 20.9. The normalized spacial score (nSPS) is 18.8. The van der Waals surface area contributed by atoms with Gasteiger partial charge in [0.15, 0.2) is 0 Å². The van der Waals surface area contributed by atoms with Crippen LogP contribution >= 0.6 is 0 Å². The molecule has 0 heterocycles. The van der Waals surface area contributed by atoms with Gasteiger partial charge < -0.3 is 0 Å². The van der Waals surface area contributed by atoms with Crippen molar-refractivity contribution in [3.05, 3.63) is 175 Å². The molecule has 0 N–H and O–H groups in total. The van der Waals surface area contributed by atoms with Crippen molar-refractivity contribution in [3.63, 3.8) is 0 Å². The summed E-state index contributed by atoms with van der Waals surface area (Å²) in [5, 5.41) is 0. The Hall–Kier alpha value is -4.10. The molecule has 0 amide bonds. The maximum absolute atomic E-state index is 4.30. The first-order valence-electron chi connectivity index (χ1n) is 25.6. The van der Waals surface area contributed by atoms with Crippen LogP contribution in [0.3, 0.4) is 0 Å². The predicted molar refractivity (Wildman–Crippen MR) is 287 cm³/mol. The molecule has 2 fully saturated rings. The summed E-state index contributed by atoms with van der Waals surface area (Å²) in [5.41, 5.74) is 32.0. The SMILES string of the molecule is Cc1cc(C)cc(-c2ccc(-c3cc(C)cc(C)c3)c3c2C=C(CC2CCCC2)[CH]3[Zr]([CH3])([CH3])(=[SiH2])[CH]2C(CC3CCCC3)=Cc3c(-c4cc(C)cc(C)c4)ccc(-c4cc(C)cc(C)c4)c32)c1. The zero-order valence-corrected chi connectivity index (χ0v) is 45.9. The topological polar surface area (TPSA) is 0 Å². The average Bonchev–Trinajstić information content (AvgIpc) is 4.06. The zero-order chi connectivity index (χ0) is 46.3. The molecule has 2 heteroatoms. The first-order chi connectivity index (χ1) is 31.5. The molecule has 6 aromatic rings. The molecule has 66 heavy (non-hydrogen) atoms. The van der Waals surface area contributed by atoms with Gasteiger partial charge in [-0.05, 0) is 0 Å². The first-order valence-corrected chi connectivity index (χ1v) is 39.3. The molecule has 0 saturated heterocycles. The van der Waals surface area contributed by atoms with Crippen molar-refractivity contribution in [1.82, 2.24) is 0 Å². The van der Waals surface area contributed by atoms with Crippen LogP contribution in [0.5, 0.6) is 0 Å². The molecule has 0 aliphatic heterocycles. The molecular weight excluding hydrogens is 888 g/mol. The number of hydrogen-bond donors (Lipinski definition) is 0. The van der Waals surface area contributed by atoms with Gasteiger partial charge in [0, 0.05) is 0 Å². The van der Waals surface area contributed by atoms with Gasteiger partial charge in [0.05, 0.1) is 0 Å². The Labute approximate surface area is 401 Å². The van der Waals surface area contributed by atoms with Crippen LogP contribution in [-0.2, 0) is 17.4 Å². The second kappa shape index (κ2) is 17.5. The molecule has 2 saturated carbocycles. The van der Waals surface area contributed by atoms with Crippen LogP contribution < -0.4 is 0 Å². The van der Waals surface area contributed by atoms with Crippen LogP contribution in [-0.4, -0.2) is 6.88 Å². The second-order valence-corrected chi connectivity index (χ2v) is 53.9. The summed E-state index contributed by atoms with van der Waals surface area (Å²) in [6, 6.07) is 39.3. The quantitative estimate of drug-likeness (QED) is 0.120. The molecule has 4 aliphatic carbocycles. The van der Waals surface area contributed by atoms with E-state index in [1.807, 2.05) is 0 Å². The number of fused-ring (bicyclic) bond motifs is 2. The van der Waals surface area contributed by atoms with E-state index in [9.17, 15) is 0 Å². The van der Waals surface area contributed by atoms with E-state index < -0.39 is 17.4 Å². The molecular formula is C64H74SiZr. The molecule has 0 aromatic heterocycles. The first kappa shape index (κ1) is 45.7. The van der Waals surface area contributed by atoms with E-state index in [0.29, 0.717) is 7.25 Å². The third kappa shape index (κ3) is 8.55. The Bertz CT molecular complexity index is 2780. The van der Waals surface area contributed by atoms with Gasteiger partial charge in [-0.2, -0.15) is 0 Å². The Morgan fingerprint density at radius 2 is 0.652 bits per heavy atom. The van der Waals surface area contributed by atoms with Crippen molar-refractivity contribution < 1.29 is 17.4 Å². The van der Waals surface area contributed by atoms with Crippen LogP contribution in [0.2, 0.25) is 9.26 Å². The third-order valence-corrected chi connectivity index (χ3v) is 34.0. The van der Waals surface area contributed by atoms with Gasteiger partial charge in [-0.25, -0.2) is 0 Å². The van der Waals surface area contributed by atoms with Gasteiger partial charge in [0.1, 0.15) is 0 Å². The zero-order valence-electron chi connectivity index (χ0n) is 42.0. The molecule has 4 aliphatic rings. The van der Waals surface area contributed by atoms with E-state index in [1.165, 1.54) is 164 Å². The van der Waals surface area contributed by atoms with Crippen molar-refractivity contribution in [2.75, 3.05) is 0 Å². The molecule has 10 rings (SSSR count). The summed E-state index contributed by atoms with van der Waals surface area (Å²) >= 11 is -4.30. The van der Waals surface area contributed by atoms with Crippen LogP contribution in [0.4, 0.5) is 0 Å². The third-order valence-electron chi connectivity index (χ3n) is 16.6. The number of aryl methyl sites for hydroxylation is 8. The van der Waals surface area contributed by atoms with Crippen LogP contribution in [0.15, 0.2) is 108 Å². The molecule has 0 spiro atoms. The number of rotatable bonds is 10. The molecule has 0 bridgehead atoms. The van der Waals surface area contributed by atoms with E-state index in [-0.39, 0.29) is 0 Å². The molecule has 2 atom stereocenters. The monoisotopic (exact) mass is 960 g/mol. The summed E-state index contributed by atoms with van der Waals surface area (Å²) in [4.78, 5) is 0. The number of benzene rings is 6. The van der Waals surface area contributed by atoms with E-state index in [0.717, 1.165) is 11.8 Å². The Balaban J connectivity index is 1.29. The number of hydrogen-bond acceptors (Lipinski definition) is 0. The van der Waals surface area contributed by atoms with Crippen LogP contribution in [0.1, 0.15) is 138 Å². The Kier molecular flexibility index (Phi) is 12.1. The number of allylic oxidation sites excluding steroid dienone is 2. The molecule has 0 radical (unpaired) electrons. The Morgan fingerprint density at radius 3 is 0.939 bits per heavy atom. The standard InChI is InChI=1S/2C31H33.2CH3.H2Si.Zr/c2*1-20-11-21(2)14-26(13-20)28-9-10-29(27-15-22(3)12-23(4)16-27)31-19-25(18-30(28)31)17-24-7-5-6-8-24;;;;/h2*9-16,18-19,24H,5-8,17H2,1-4H3;2*1H3;1H2;. The van der Waals surface area contributed by atoms with E-state index in [4.69, 9.17) is 0 Å². The van der Waals surface area contributed by atoms with Crippen LogP contribution in [0.25, 0.3) is 56.7 Å². The maximum atomic E-state index is 2.95. The van der Waals surface area contributed by atoms with E-state index in [2.05, 4.69) is 181 Å². The van der Waals surface area contributed by atoms with Crippen molar-refractivity contribution in [2.45, 2.75) is 136 Å². The predicted octanol–water partition coefficient (Wildman–Crippen LogP) is 17.9. The summed E-state index contributed by atoms with van der Waals surface area (Å²) in [5.74, 6) is 1.53. The summed E-state index contributed by atoms with van der Waals surface area (Å²) < 4.78 is 6.74. The fraction of sp³-hybridized carbons (Fsp3) is 0.375. The van der Waals surface area contributed by atoms with Crippen molar-refractivity contribution in [3.8, 4) is 44.5 Å². The van der Waals surface area contributed by atoms with Gasteiger partial charge in [0.25, 0.3) is 0 Å². The summed E-state index contributed by atoms with van der Waals surface area (Å²) in [7, 11) is 0. The van der Waals surface area contributed by atoms with Gasteiger partial charge in [-0.15, -0.1) is 0 Å². The van der Waals surface area contributed by atoms with Crippen molar-refractivity contribution in [1.29, 1.82) is 0 Å². The van der Waals surface area contributed by atoms with E-state index in [1.54, 1.807) is 22.3 Å². The molecule has 6 aromatic carbocycles. The van der Waals surface area contributed by atoms with Gasteiger partial charge in [-0.1, -0.05) is 0 Å².